The number of amides is 3. The fourth-order valence-corrected chi connectivity index (χ4v) is 2.30. The topological polar surface area (TPSA) is 84.3 Å². The molecule has 1 aromatic rings. The van der Waals surface area contributed by atoms with E-state index in [-0.39, 0.29) is 12.5 Å². The maximum absolute atomic E-state index is 12.7. The summed E-state index contributed by atoms with van der Waals surface area (Å²) in [5.74, 6) is -1.28. The van der Waals surface area contributed by atoms with E-state index < -0.39 is 17.4 Å². The van der Waals surface area contributed by atoms with Crippen molar-refractivity contribution in [1.82, 2.24) is 20.0 Å². The van der Waals surface area contributed by atoms with E-state index in [9.17, 15) is 14.4 Å². The van der Waals surface area contributed by atoms with Crippen LogP contribution in [-0.2, 0) is 22.6 Å². The molecule has 0 radical (unpaired) electrons. The molecule has 0 aliphatic carbocycles. The zero-order valence-electron chi connectivity index (χ0n) is 12.8. The summed E-state index contributed by atoms with van der Waals surface area (Å²) in [5.41, 5.74) is 0.149. The third-order valence-electron chi connectivity index (χ3n) is 3.74. The molecule has 0 unspecified atom stereocenters. The summed E-state index contributed by atoms with van der Waals surface area (Å²) in [6.07, 6.45) is 0.718. The van der Waals surface area contributed by atoms with Gasteiger partial charge in [-0.05, 0) is 33.3 Å². The van der Waals surface area contributed by atoms with E-state index in [1.54, 1.807) is 24.6 Å². The quantitative estimate of drug-likeness (QED) is 0.814. The molecule has 21 heavy (non-hydrogen) atoms. The first-order valence-corrected chi connectivity index (χ1v) is 7.04. The summed E-state index contributed by atoms with van der Waals surface area (Å²) >= 11 is 0. The molecule has 1 aliphatic rings. The number of nitrogens with zero attached hydrogens (tertiary/aromatic N) is 3. The van der Waals surface area contributed by atoms with E-state index in [1.807, 2.05) is 13.8 Å². The van der Waals surface area contributed by atoms with Crippen molar-refractivity contribution in [2.45, 2.75) is 46.2 Å². The van der Waals surface area contributed by atoms with Gasteiger partial charge in [-0.1, -0.05) is 6.92 Å². The number of piperazine rings is 1. The monoisotopic (exact) mass is 292 g/mol. The van der Waals surface area contributed by atoms with Crippen LogP contribution in [0.5, 0.6) is 0 Å². The van der Waals surface area contributed by atoms with Gasteiger partial charge in [-0.25, -0.2) is 0 Å². The first-order chi connectivity index (χ1) is 9.81. The summed E-state index contributed by atoms with van der Waals surface area (Å²) in [7, 11) is 0. The molecule has 1 saturated heterocycles. The van der Waals surface area contributed by atoms with Crippen molar-refractivity contribution in [2.75, 3.05) is 6.54 Å². The molecule has 1 aromatic heterocycles. The highest BCUT2D eigenvalue weighted by atomic mass is 16.2. The van der Waals surface area contributed by atoms with Gasteiger partial charge in [0.1, 0.15) is 17.8 Å². The van der Waals surface area contributed by atoms with Gasteiger partial charge in [0, 0.05) is 6.54 Å². The van der Waals surface area contributed by atoms with Gasteiger partial charge in [-0.15, -0.1) is 0 Å². The van der Waals surface area contributed by atoms with Crippen LogP contribution in [0.25, 0.3) is 0 Å². The predicted octanol–water partition coefficient (Wildman–Crippen LogP) is 0.343. The van der Waals surface area contributed by atoms with Crippen LogP contribution in [0, 0.1) is 0 Å². The highest BCUT2D eigenvalue weighted by molar-refractivity contribution is 6.08. The molecule has 1 aliphatic heterocycles. The molecular formula is C14H20N4O3. The van der Waals surface area contributed by atoms with Gasteiger partial charge in [0.25, 0.3) is 11.8 Å². The first-order valence-electron chi connectivity index (χ1n) is 7.04. The number of hydrogen-bond donors (Lipinski definition) is 1. The Bertz CT molecular complexity index is 603. The van der Waals surface area contributed by atoms with E-state index in [4.69, 9.17) is 0 Å². The SMILES string of the molecule is CCc1cc(C(=O)N2CC(=O)NC(=O)C2(C)C)n(CC)n1. The van der Waals surface area contributed by atoms with Gasteiger partial charge in [-0.3, -0.25) is 24.4 Å². The molecule has 114 valence electrons. The highest BCUT2D eigenvalue weighted by Crippen LogP contribution is 2.21. The molecular weight excluding hydrogens is 272 g/mol. The Morgan fingerprint density at radius 2 is 2.05 bits per heavy atom. The zero-order valence-corrected chi connectivity index (χ0v) is 12.8. The van der Waals surface area contributed by atoms with E-state index in [2.05, 4.69) is 10.4 Å². The molecule has 7 heteroatoms. The second-order valence-corrected chi connectivity index (χ2v) is 5.52. The summed E-state index contributed by atoms with van der Waals surface area (Å²) in [6.45, 7) is 7.52. The minimum Gasteiger partial charge on any atom is -0.314 e. The molecule has 0 bridgehead atoms. The number of imide groups is 1. The summed E-state index contributed by atoms with van der Waals surface area (Å²) < 4.78 is 1.61. The van der Waals surface area contributed by atoms with Crippen molar-refractivity contribution in [3.05, 3.63) is 17.5 Å². The van der Waals surface area contributed by atoms with E-state index >= 15 is 0 Å². The fourth-order valence-electron chi connectivity index (χ4n) is 2.30. The van der Waals surface area contributed by atoms with Crippen LogP contribution in [0.2, 0.25) is 0 Å². The molecule has 7 nitrogen and oxygen atoms in total. The van der Waals surface area contributed by atoms with Crippen molar-refractivity contribution in [3.8, 4) is 0 Å². The molecule has 0 aromatic carbocycles. The molecule has 2 rings (SSSR count). The smallest absolute Gasteiger partial charge is 0.273 e. The van der Waals surface area contributed by atoms with Crippen LogP contribution in [0.1, 0.15) is 43.9 Å². The zero-order chi connectivity index (χ0) is 15.8. The first kappa shape index (κ1) is 15.2. The summed E-state index contributed by atoms with van der Waals surface area (Å²) in [5, 5.41) is 6.59. The summed E-state index contributed by atoms with van der Waals surface area (Å²) in [4.78, 5) is 37.6. The van der Waals surface area contributed by atoms with Crippen LogP contribution in [-0.4, -0.2) is 44.5 Å². The lowest BCUT2D eigenvalue weighted by molar-refractivity contribution is -0.143. The van der Waals surface area contributed by atoms with Crippen LogP contribution in [0.3, 0.4) is 0 Å². The molecule has 2 heterocycles. The van der Waals surface area contributed by atoms with Gasteiger partial charge < -0.3 is 4.90 Å². The van der Waals surface area contributed by atoms with E-state index in [1.165, 1.54) is 4.90 Å². The minimum atomic E-state index is -1.07. The normalized spacial score (nSPS) is 17.8. The largest absolute Gasteiger partial charge is 0.314 e. The van der Waals surface area contributed by atoms with Crippen molar-refractivity contribution >= 4 is 17.7 Å². The second kappa shape index (κ2) is 5.31. The Hall–Kier alpha value is -2.18. The van der Waals surface area contributed by atoms with Crippen LogP contribution in [0.15, 0.2) is 6.07 Å². The molecule has 1 N–H and O–H groups in total. The number of nitrogens with one attached hydrogen (secondary N) is 1. The lowest BCUT2D eigenvalue weighted by atomic mass is 9.98. The van der Waals surface area contributed by atoms with Gasteiger partial charge in [0.2, 0.25) is 5.91 Å². The number of rotatable bonds is 3. The third-order valence-corrected chi connectivity index (χ3v) is 3.74. The van der Waals surface area contributed by atoms with E-state index in [0.29, 0.717) is 12.2 Å². The number of carbonyl (C=O) groups is 3. The fraction of sp³-hybridized carbons (Fsp3) is 0.571. The average molecular weight is 292 g/mol. The minimum absolute atomic E-state index is 0.131. The van der Waals surface area contributed by atoms with Crippen molar-refractivity contribution in [1.29, 1.82) is 0 Å². The maximum Gasteiger partial charge on any atom is 0.273 e. The van der Waals surface area contributed by atoms with Crippen LogP contribution in [0.4, 0.5) is 0 Å². The van der Waals surface area contributed by atoms with Crippen molar-refractivity contribution in [3.63, 3.8) is 0 Å². The standard InChI is InChI=1S/C14H20N4O3/c1-5-9-7-10(18(6-2)16-9)12(20)17-8-11(19)15-13(21)14(17,3)4/h7H,5-6,8H2,1-4H3,(H,15,19,21). The Morgan fingerprint density at radius 1 is 1.38 bits per heavy atom. The van der Waals surface area contributed by atoms with Crippen molar-refractivity contribution in [2.24, 2.45) is 0 Å². The third kappa shape index (κ3) is 2.55. The van der Waals surface area contributed by atoms with Crippen molar-refractivity contribution < 1.29 is 14.4 Å². The Balaban J connectivity index is 2.40. The molecule has 0 spiro atoms. The van der Waals surface area contributed by atoms with Gasteiger partial charge in [-0.2, -0.15) is 5.10 Å². The molecule has 1 fully saturated rings. The van der Waals surface area contributed by atoms with Crippen LogP contribution < -0.4 is 5.32 Å². The predicted molar refractivity (Wildman–Crippen MR) is 75.5 cm³/mol. The lowest BCUT2D eigenvalue weighted by Gasteiger charge is -2.40. The van der Waals surface area contributed by atoms with E-state index in [0.717, 1.165) is 12.1 Å². The Kier molecular flexibility index (Phi) is 3.85. The van der Waals surface area contributed by atoms with Crippen LogP contribution >= 0.6 is 0 Å². The number of hydrogen-bond acceptors (Lipinski definition) is 4. The number of aromatic nitrogens is 2. The number of aryl methyl sites for hydroxylation is 2. The van der Waals surface area contributed by atoms with Gasteiger partial charge >= 0.3 is 0 Å². The number of carbonyl (C=O) groups excluding carboxylic acids is 3. The summed E-state index contributed by atoms with van der Waals surface area (Å²) in [6, 6.07) is 1.72. The highest BCUT2D eigenvalue weighted by Gasteiger charge is 2.44. The molecule has 0 atom stereocenters. The molecule has 3 amide bonds. The Labute approximate surface area is 123 Å². The molecule has 0 saturated carbocycles. The lowest BCUT2D eigenvalue weighted by Crippen LogP contribution is -2.65. The van der Waals surface area contributed by atoms with Gasteiger partial charge in [0.15, 0.2) is 0 Å². The second-order valence-electron chi connectivity index (χ2n) is 5.52. The average Bonchev–Trinajstić information content (AvgIpc) is 2.85. The van der Waals surface area contributed by atoms with Gasteiger partial charge in [0.05, 0.1) is 5.69 Å². The Morgan fingerprint density at radius 3 is 2.62 bits per heavy atom. The maximum atomic E-state index is 12.7.